The average molecular weight is 362 g/mol. The molecule has 134 valence electrons. The molecule has 0 radical (unpaired) electrons. The number of carbonyl (C=O) groups excluding carboxylic acids is 3. The predicted octanol–water partition coefficient (Wildman–Crippen LogP) is 3.21. The third-order valence-corrected chi connectivity index (χ3v) is 5.03. The van der Waals surface area contributed by atoms with Gasteiger partial charge >= 0.3 is 5.97 Å². The molecule has 2 aromatic heterocycles. The van der Waals surface area contributed by atoms with Crippen LogP contribution in [0.5, 0.6) is 0 Å². The molecule has 0 aliphatic rings. The van der Waals surface area contributed by atoms with E-state index in [-0.39, 0.29) is 24.0 Å². The molecule has 0 spiro atoms. The van der Waals surface area contributed by atoms with Crippen LogP contribution in [-0.4, -0.2) is 47.2 Å². The lowest BCUT2D eigenvalue weighted by Crippen LogP contribution is -2.40. The Morgan fingerprint density at radius 3 is 2.56 bits per heavy atom. The summed E-state index contributed by atoms with van der Waals surface area (Å²) in [5.41, 5.74) is 1.85. The van der Waals surface area contributed by atoms with Crippen LogP contribution in [0.1, 0.15) is 55.6 Å². The van der Waals surface area contributed by atoms with Gasteiger partial charge in [-0.15, -0.1) is 11.3 Å². The number of amides is 1. The van der Waals surface area contributed by atoms with E-state index in [9.17, 15) is 14.4 Å². The van der Waals surface area contributed by atoms with Crippen LogP contribution in [0.25, 0.3) is 0 Å². The Labute approximate surface area is 150 Å². The first-order valence-electron chi connectivity index (χ1n) is 8.00. The third kappa shape index (κ3) is 3.66. The average Bonchev–Trinajstić information content (AvgIpc) is 3.21. The largest absolute Gasteiger partial charge is 0.461 e. The summed E-state index contributed by atoms with van der Waals surface area (Å²) in [6.45, 7) is 7.10. The molecule has 0 bridgehead atoms. The summed E-state index contributed by atoms with van der Waals surface area (Å²) in [5, 5.41) is 1.82. The Balaban J connectivity index is 2.28. The first-order chi connectivity index (χ1) is 11.8. The third-order valence-electron chi connectivity index (χ3n) is 4.18. The fraction of sp³-hybridized carbons (Fsp3) is 0.389. The number of carbonyl (C=O) groups is 3. The number of hydrogen-bond acceptors (Lipinski definition) is 5. The van der Waals surface area contributed by atoms with Gasteiger partial charge in [0.25, 0.3) is 5.91 Å². The highest BCUT2D eigenvalue weighted by atomic mass is 32.1. The molecule has 2 heterocycles. The Kier molecular flexibility index (Phi) is 5.79. The fourth-order valence-corrected chi connectivity index (χ4v) is 3.37. The number of ether oxygens (including phenoxy) is 1. The van der Waals surface area contributed by atoms with Gasteiger partial charge in [0.05, 0.1) is 17.5 Å². The highest BCUT2D eigenvalue weighted by Gasteiger charge is 2.30. The second kappa shape index (κ2) is 7.65. The molecular weight excluding hydrogens is 340 g/mol. The minimum Gasteiger partial charge on any atom is -0.461 e. The molecule has 0 aliphatic carbocycles. The van der Waals surface area contributed by atoms with Gasteiger partial charge in [-0.05, 0) is 44.7 Å². The first-order valence-corrected chi connectivity index (χ1v) is 8.88. The molecule has 7 heteroatoms. The van der Waals surface area contributed by atoms with Gasteiger partial charge < -0.3 is 14.6 Å². The van der Waals surface area contributed by atoms with E-state index in [1.54, 1.807) is 46.9 Å². The van der Waals surface area contributed by atoms with E-state index in [2.05, 4.69) is 4.98 Å². The number of likely N-dealkylation sites (N-methyl/N-ethyl adjacent to an activating group) is 1. The van der Waals surface area contributed by atoms with Crippen LogP contribution in [-0.2, 0) is 4.74 Å². The summed E-state index contributed by atoms with van der Waals surface area (Å²) in [5.74, 6) is -0.903. The van der Waals surface area contributed by atoms with Gasteiger partial charge in [0.1, 0.15) is 5.69 Å². The van der Waals surface area contributed by atoms with Gasteiger partial charge in [0, 0.05) is 18.3 Å². The normalized spacial score (nSPS) is 11.9. The molecule has 0 fully saturated rings. The number of aryl methyl sites for hydroxylation is 1. The molecule has 2 rings (SSSR count). The molecule has 0 unspecified atom stereocenters. The molecular formula is C18H22N2O4S. The molecule has 0 aromatic carbocycles. The minimum atomic E-state index is -0.655. The van der Waals surface area contributed by atoms with E-state index in [4.69, 9.17) is 4.74 Å². The monoisotopic (exact) mass is 362 g/mol. The number of hydrogen-bond donors (Lipinski definition) is 1. The molecule has 0 aliphatic heterocycles. The van der Waals surface area contributed by atoms with Gasteiger partial charge in [-0.25, -0.2) is 4.79 Å². The van der Waals surface area contributed by atoms with Crippen molar-refractivity contribution in [2.75, 3.05) is 13.7 Å². The van der Waals surface area contributed by atoms with Crippen LogP contribution in [0.2, 0.25) is 0 Å². The van der Waals surface area contributed by atoms with Crippen LogP contribution in [0, 0.1) is 13.8 Å². The second-order valence-corrected chi connectivity index (χ2v) is 6.73. The highest BCUT2D eigenvalue weighted by molar-refractivity contribution is 7.12. The van der Waals surface area contributed by atoms with E-state index in [0.29, 0.717) is 21.7 Å². The fourth-order valence-electron chi connectivity index (χ4n) is 2.66. The molecule has 0 saturated heterocycles. The van der Waals surface area contributed by atoms with Crippen molar-refractivity contribution in [1.82, 2.24) is 9.88 Å². The van der Waals surface area contributed by atoms with Crippen molar-refractivity contribution in [1.29, 1.82) is 0 Å². The van der Waals surface area contributed by atoms with Crippen molar-refractivity contribution in [3.63, 3.8) is 0 Å². The van der Waals surface area contributed by atoms with Gasteiger partial charge in [0.15, 0.2) is 5.78 Å². The minimum absolute atomic E-state index is 0.202. The maximum absolute atomic E-state index is 12.9. The summed E-state index contributed by atoms with van der Waals surface area (Å²) < 4.78 is 5.01. The standard InChI is InChI=1S/C18H22N2O4S/c1-6-24-18(23)15-10(2)14(11(3)19-15)16(21)12(4)20(5)17(22)13-8-7-9-25-13/h7-9,12,19H,6H2,1-5H3/t12-/m0/s1. The number of H-pyrrole nitrogens is 1. The van der Waals surface area contributed by atoms with Gasteiger partial charge in [-0.3, -0.25) is 9.59 Å². The predicted molar refractivity (Wildman–Crippen MR) is 96.4 cm³/mol. The maximum Gasteiger partial charge on any atom is 0.355 e. The highest BCUT2D eigenvalue weighted by Crippen LogP contribution is 2.22. The van der Waals surface area contributed by atoms with Crippen LogP contribution in [0.3, 0.4) is 0 Å². The van der Waals surface area contributed by atoms with Crippen molar-refractivity contribution < 1.29 is 19.1 Å². The van der Waals surface area contributed by atoms with Crippen LogP contribution in [0.4, 0.5) is 0 Å². The summed E-state index contributed by atoms with van der Waals surface area (Å²) in [7, 11) is 1.61. The summed E-state index contributed by atoms with van der Waals surface area (Å²) in [4.78, 5) is 42.3. The van der Waals surface area contributed by atoms with E-state index in [0.717, 1.165) is 0 Å². The van der Waals surface area contributed by atoms with E-state index in [1.165, 1.54) is 16.2 Å². The molecule has 6 nitrogen and oxygen atoms in total. The molecule has 25 heavy (non-hydrogen) atoms. The van der Waals surface area contributed by atoms with Crippen LogP contribution < -0.4 is 0 Å². The Hall–Kier alpha value is -2.41. The topological polar surface area (TPSA) is 79.5 Å². The lowest BCUT2D eigenvalue weighted by molar-refractivity contribution is 0.0519. The molecule has 1 amide bonds. The molecule has 2 aromatic rings. The van der Waals surface area contributed by atoms with Gasteiger partial charge in [-0.1, -0.05) is 6.07 Å². The van der Waals surface area contributed by atoms with Crippen LogP contribution in [0.15, 0.2) is 17.5 Å². The number of nitrogens with zero attached hydrogens (tertiary/aromatic N) is 1. The number of nitrogens with one attached hydrogen (secondary N) is 1. The van der Waals surface area contributed by atoms with Gasteiger partial charge in [0.2, 0.25) is 0 Å². The second-order valence-electron chi connectivity index (χ2n) is 5.78. The number of esters is 1. The Morgan fingerprint density at radius 1 is 1.32 bits per heavy atom. The maximum atomic E-state index is 12.9. The molecule has 0 saturated carbocycles. The van der Waals surface area contributed by atoms with Crippen molar-refractivity contribution in [3.05, 3.63) is 44.9 Å². The lowest BCUT2D eigenvalue weighted by atomic mass is 10.00. The summed E-state index contributed by atoms with van der Waals surface area (Å²) >= 11 is 1.33. The van der Waals surface area contributed by atoms with Crippen molar-refractivity contribution >= 4 is 29.0 Å². The number of ketones is 1. The quantitative estimate of drug-likeness (QED) is 0.632. The van der Waals surface area contributed by atoms with Crippen molar-refractivity contribution in [2.45, 2.75) is 33.7 Å². The summed E-state index contributed by atoms with van der Waals surface area (Å²) in [6, 6.07) is 2.87. The number of aromatic amines is 1. The van der Waals surface area contributed by atoms with Crippen molar-refractivity contribution in [3.8, 4) is 0 Å². The first kappa shape index (κ1) is 18.9. The summed E-state index contributed by atoms with van der Waals surface area (Å²) in [6.07, 6.45) is 0. The SMILES string of the molecule is CCOC(=O)c1[nH]c(C)c(C(=O)[C@H](C)N(C)C(=O)c2cccs2)c1C. The lowest BCUT2D eigenvalue weighted by Gasteiger charge is -2.23. The van der Waals surface area contributed by atoms with E-state index in [1.807, 2.05) is 5.38 Å². The van der Waals surface area contributed by atoms with E-state index >= 15 is 0 Å². The Bertz CT molecular complexity index is 792. The number of thiophene rings is 1. The smallest absolute Gasteiger partial charge is 0.355 e. The molecule has 1 atom stereocenters. The zero-order valence-corrected chi connectivity index (χ0v) is 15.8. The van der Waals surface area contributed by atoms with E-state index < -0.39 is 12.0 Å². The van der Waals surface area contributed by atoms with Crippen LogP contribution >= 0.6 is 11.3 Å². The van der Waals surface area contributed by atoms with Gasteiger partial charge in [-0.2, -0.15) is 0 Å². The zero-order chi connectivity index (χ0) is 18.7. The van der Waals surface area contributed by atoms with Crippen molar-refractivity contribution in [2.24, 2.45) is 0 Å². The Morgan fingerprint density at radius 2 is 2.00 bits per heavy atom. The number of Topliss-reactive ketones (excluding diaryl/α,β-unsaturated/α-hetero) is 1. The number of rotatable bonds is 6. The number of aromatic nitrogens is 1. The molecule has 1 N–H and O–H groups in total. The zero-order valence-electron chi connectivity index (χ0n) is 15.0.